The van der Waals surface area contributed by atoms with Crippen molar-refractivity contribution in [3.8, 4) is 0 Å². The van der Waals surface area contributed by atoms with Gasteiger partial charge in [-0.1, -0.05) is 12.2 Å². The van der Waals surface area contributed by atoms with E-state index in [1.54, 1.807) is 6.92 Å². The van der Waals surface area contributed by atoms with Gasteiger partial charge in [0.2, 0.25) is 0 Å². The average Bonchev–Trinajstić information content (AvgIpc) is 1.35. The van der Waals surface area contributed by atoms with Gasteiger partial charge in [0, 0.05) is 0 Å². The molecule has 0 aromatic rings. The molecule has 1 radical (unpaired) electrons. The molecule has 6 heavy (non-hydrogen) atoms. The molecule has 0 amide bonds. The molecule has 0 spiro atoms. The molecule has 0 bridgehead atoms. The molecule has 3 heteroatoms. The van der Waals surface area contributed by atoms with E-state index in [4.69, 9.17) is 10.4 Å². The first-order chi connectivity index (χ1) is 2.77. The van der Waals surface area contributed by atoms with E-state index < -0.39 is 0 Å². The fourth-order valence-electron chi connectivity index (χ4n) is 0.163. The van der Waals surface area contributed by atoms with E-state index >= 15 is 0 Å². The zero-order chi connectivity index (χ0) is 4.99. The predicted molar refractivity (Wildman–Crippen MR) is 20.0 cm³/mol. The molecule has 0 rings (SSSR count). The third-order valence-electron chi connectivity index (χ3n) is 0.346. The molecule has 0 aliphatic carbocycles. The number of nitrogens with zero attached hydrogens (tertiary/aromatic N) is 1. The topological polar surface area (TPSA) is 43.7 Å². The third kappa shape index (κ3) is 3.88. The lowest BCUT2D eigenvalue weighted by Gasteiger charge is -1.98. The van der Waals surface area contributed by atoms with Gasteiger partial charge in [-0.2, -0.15) is 0 Å². The second kappa shape index (κ2) is 3.08. The van der Waals surface area contributed by atoms with Gasteiger partial charge >= 0.3 is 0 Å². The molecule has 37 valence electrons. The molecule has 0 aliphatic rings. The summed E-state index contributed by atoms with van der Waals surface area (Å²) >= 11 is 0. The van der Waals surface area contributed by atoms with Gasteiger partial charge < -0.3 is 0 Å². The fraction of sp³-hybridized carbons (Fsp3) is 0.667. The fourth-order valence-corrected chi connectivity index (χ4v) is 0.163. The van der Waals surface area contributed by atoms with E-state index in [0.717, 1.165) is 0 Å². The summed E-state index contributed by atoms with van der Waals surface area (Å²) in [7, 11) is 0. The second-order valence-electron chi connectivity index (χ2n) is 0.911. The molecule has 0 unspecified atom stereocenters. The van der Waals surface area contributed by atoms with Crippen LogP contribution in [0, 0.1) is 6.54 Å². The standard InChI is InChI=1S/C3H8NO2/c1-2-3-4(5)6/h3,5-6H,2H2,1H3. The van der Waals surface area contributed by atoms with Gasteiger partial charge in [0.05, 0.1) is 6.54 Å². The van der Waals surface area contributed by atoms with Crippen molar-refractivity contribution in [2.75, 3.05) is 0 Å². The first-order valence-corrected chi connectivity index (χ1v) is 1.77. The van der Waals surface area contributed by atoms with Crippen LogP contribution in [0.3, 0.4) is 0 Å². The van der Waals surface area contributed by atoms with Crippen LogP contribution >= 0.6 is 0 Å². The molecule has 0 fully saturated rings. The highest BCUT2D eigenvalue weighted by Crippen LogP contribution is 1.83. The maximum Gasteiger partial charge on any atom is 0.0823 e. The van der Waals surface area contributed by atoms with E-state index in [9.17, 15) is 0 Å². The molecule has 0 saturated carbocycles. The summed E-state index contributed by atoms with van der Waals surface area (Å²) in [5, 5.41) is 15.8. The van der Waals surface area contributed by atoms with Gasteiger partial charge in [-0.25, -0.2) is 0 Å². The number of hydroxylamine groups is 2. The Labute approximate surface area is 36.7 Å². The SMILES string of the molecule is CC[CH]N(O)O. The van der Waals surface area contributed by atoms with Crippen LogP contribution in [-0.2, 0) is 0 Å². The van der Waals surface area contributed by atoms with E-state index in [-0.39, 0.29) is 5.23 Å². The summed E-state index contributed by atoms with van der Waals surface area (Å²) in [5.41, 5.74) is 0. The first kappa shape index (κ1) is 5.88. The monoisotopic (exact) mass is 90.1 g/mol. The van der Waals surface area contributed by atoms with Gasteiger partial charge in [-0.15, -0.1) is 0 Å². The Bertz CT molecular complexity index is 30.0. The van der Waals surface area contributed by atoms with Crippen LogP contribution in [0.15, 0.2) is 0 Å². The molecule has 0 atom stereocenters. The lowest BCUT2D eigenvalue weighted by atomic mass is 10.5. The van der Waals surface area contributed by atoms with Crippen LogP contribution < -0.4 is 0 Å². The quantitative estimate of drug-likeness (QED) is 0.489. The van der Waals surface area contributed by atoms with Gasteiger partial charge in [0.1, 0.15) is 0 Å². The summed E-state index contributed by atoms with van der Waals surface area (Å²) in [6.07, 6.45) is 0.632. The lowest BCUT2D eigenvalue weighted by molar-refractivity contribution is -0.284. The van der Waals surface area contributed by atoms with E-state index in [1.807, 2.05) is 0 Å². The Kier molecular flexibility index (Phi) is 3.02. The van der Waals surface area contributed by atoms with Crippen molar-refractivity contribution in [1.29, 1.82) is 0 Å². The van der Waals surface area contributed by atoms with Gasteiger partial charge in [0.15, 0.2) is 0 Å². The van der Waals surface area contributed by atoms with Crippen LogP contribution in [-0.4, -0.2) is 15.6 Å². The molecular weight excluding hydrogens is 82.0 g/mol. The van der Waals surface area contributed by atoms with Crippen molar-refractivity contribution in [1.82, 2.24) is 5.23 Å². The maximum absolute atomic E-state index is 7.89. The van der Waals surface area contributed by atoms with Crippen molar-refractivity contribution in [3.05, 3.63) is 6.54 Å². The molecule has 3 nitrogen and oxygen atoms in total. The van der Waals surface area contributed by atoms with Gasteiger partial charge in [-0.3, -0.25) is 10.4 Å². The number of hydrogen-bond acceptors (Lipinski definition) is 3. The van der Waals surface area contributed by atoms with Crippen LogP contribution in [0.5, 0.6) is 0 Å². The zero-order valence-electron chi connectivity index (χ0n) is 3.63. The lowest BCUT2D eigenvalue weighted by Crippen LogP contribution is -2.07. The second-order valence-corrected chi connectivity index (χ2v) is 0.911. The van der Waals surface area contributed by atoms with E-state index in [2.05, 4.69) is 0 Å². The summed E-state index contributed by atoms with van der Waals surface area (Å²) in [4.78, 5) is 0. The van der Waals surface area contributed by atoms with Gasteiger partial charge in [0.25, 0.3) is 0 Å². The Morgan fingerprint density at radius 1 is 1.67 bits per heavy atom. The van der Waals surface area contributed by atoms with Crippen LogP contribution in [0.1, 0.15) is 13.3 Å². The first-order valence-electron chi connectivity index (χ1n) is 1.77. The smallest absolute Gasteiger partial charge is 0.0823 e. The number of rotatable bonds is 2. The van der Waals surface area contributed by atoms with Gasteiger partial charge in [-0.05, 0) is 6.42 Å². The molecular formula is C3H8NO2. The largest absolute Gasteiger partial charge is 0.289 e. The average molecular weight is 90.1 g/mol. The Morgan fingerprint density at radius 3 is 2.17 bits per heavy atom. The summed E-state index contributed by atoms with van der Waals surface area (Å²) < 4.78 is 0. The maximum atomic E-state index is 7.89. The Morgan fingerprint density at radius 2 is 2.17 bits per heavy atom. The van der Waals surface area contributed by atoms with Crippen LogP contribution in [0.25, 0.3) is 0 Å². The third-order valence-corrected chi connectivity index (χ3v) is 0.346. The van der Waals surface area contributed by atoms with Crippen molar-refractivity contribution in [2.45, 2.75) is 13.3 Å². The zero-order valence-corrected chi connectivity index (χ0v) is 3.63. The summed E-state index contributed by atoms with van der Waals surface area (Å²) in [6, 6.07) is 0. The minimum Gasteiger partial charge on any atom is -0.289 e. The highest BCUT2D eigenvalue weighted by atomic mass is 16.8. The normalized spacial score (nSPS) is 10.0. The molecule has 0 saturated heterocycles. The summed E-state index contributed by atoms with van der Waals surface area (Å²) in [6.45, 7) is 3.04. The highest BCUT2D eigenvalue weighted by molar-refractivity contribution is 4.44. The van der Waals surface area contributed by atoms with Crippen molar-refractivity contribution in [3.63, 3.8) is 0 Å². The van der Waals surface area contributed by atoms with Crippen molar-refractivity contribution in [2.24, 2.45) is 0 Å². The molecule has 0 heterocycles. The predicted octanol–water partition coefficient (Wildman–Crippen LogP) is 0.639. The van der Waals surface area contributed by atoms with Crippen molar-refractivity contribution >= 4 is 0 Å². The summed E-state index contributed by atoms with van der Waals surface area (Å²) in [5.74, 6) is 0. The molecule has 0 aliphatic heterocycles. The van der Waals surface area contributed by atoms with Crippen LogP contribution in [0.2, 0.25) is 0 Å². The Hall–Kier alpha value is -0.120. The Balaban J connectivity index is 2.63. The highest BCUT2D eigenvalue weighted by Gasteiger charge is 1.85. The minimum atomic E-state index is 0.0556. The minimum absolute atomic E-state index is 0.0556. The van der Waals surface area contributed by atoms with E-state index in [1.165, 1.54) is 6.54 Å². The van der Waals surface area contributed by atoms with Crippen molar-refractivity contribution < 1.29 is 10.4 Å². The number of hydrogen-bond donors (Lipinski definition) is 2. The molecule has 0 aromatic heterocycles. The molecule has 0 aromatic carbocycles. The molecule has 2 N–H and O–H groups in total. The van der Waals surface area contributed by atoms with Crippen LogP contribution in [0.4, 0.5) is 0 Å². The van der Waals surface area contributed by atoms with E-state index in [0.29, 0.717) is 6.42 Å².